The summed E-state index contributed by atoms with van der Waals surface area (Å²) in [6, 6.07) is 12.6. The molecule has 106 valence electrons. The number of nitrogens with one attached hydrogen (secondary N) is 1. The molecule has 0 spiro atoms. The highest BCUT2D eigenvalue weighted by molar-refractivity contribution is 5.80. The molecule has 1 aromatic heterocycles. The van der Waals surface area contributed by atoms with Crippen LogP contribution in [0.2, 0.25) is 0 Å². The molecule has 0 amide bonds. The highest BCUT2D eigenvalue weighted by Crippen LogP contribution is 2.33. The van der Waals surface area contributed by atoms with Crippen molar-refractivity contribution in [1.82, 2.24) is 9.97 Å². The zero-order valence-corrected chi connectivity index (χ0v) is 10.9. The van der Waals surface area contributed by atoms with Gasteiger partial charge in [-0.3, -0.25) is 0 Å². The van der Waals surface area contributed by atoms with Crippen LogP contribution in [-0.2, 0) is 6.18 Å². The van der Waals surface area contributed by atoms with Crippen LogP contribution in [0.4, 0.5) is 13.2 Å². The molecule has 0 bridgehead atoms. The van der Waals surface area contributed by atoms with Crippen LogP contribution >= 0.6 is 0 Å². The first-order valence-corrected chi connectivity index (χ1v) is 6.32. The summed E-state index contributed by atoms with van der Waals surface area (Å²) in [5.41, 5.74) is 1.75. The lowest BCUT2D eigenvalue weighted by Crippen LogP contribution is -2.04. The van der Waals surface area contributed by atoms with E-state index in [-0.39, 0.29) is 0 Å². The van der Waals surface area contributed by atoms with Crippen LogP contribution in [0.5, 0.6) is 0 Å². The fourth-order valence-corrected chi connectivity index (χ4v) is 2.19. The summed E-state index contributed by atoms with van der Waals surface area (Å²) in [4.78, 5) is 7.20. The second-order valence-corrected chi connectivity index (χ2v) is 4.56. The monoisotopic (exact) mass is 288 g/mol. The second kappa shape index (κ2) is 5.09. The first-order chi connectivity index (χ1) is 10.1. The summed E-state index contributed by atoms with van der Waals surface area (Å²) in [7, 11) is 0. The molecule has 1 heterocycles. The van der Waals surface area contributed by atoms with Gasteiger partial charge in [-0.25, -0.2) is 4.98 Å². The molecule has 0 aliphatic carbocycles. The number of aromatic nitrogens is 2. The minimum absolute atomic E-state index is 0.651. The van der Waals surface area contributed by atoms with Gasteiger partial charge in [0.2, 0.25) is 0 Å². The first kappa shape index (κ1) is 13.4. The van der Waals surface area contributed by atoms with Crippen molar-refractivity contribution in [3.63, 3.8) is 0 Å². The van der Waals surface area contributed by atoms with Gasteiger partial charge in [0, 0.05) is 18.0 Å². The van der Waals surface area contributed by atoms with Gasteiger partial charge in [-0.1, -0.05) is 36.4 Å². The lowest BCUT2D eigenvalue weighted by molar-refractivity contribution is -0.137. The third-order valence-electron chi connectivity index (χ3n) is 3.20. The summed E-state index contributed by atoms with van der Waals surface area (Å²) in [6.07, 6.45) is -0.975. The van der Waals surface area contributed by atoms with E-state index >= 15 is 0 Å². The molecular formula is C16H11F3N2. The number of hydrogen-bond donors (Lipinski definition) is 1. The molecule has 21 heavy (non-hydrogen) atoms. The van der Waals surface area contributed by atoms with Crippen LogP contribution < -0.4 is 0 Å². The van der Waals surface area contributed by atoms with Crippen molar-refractivity contribution in [1.29, 1.82) is 0 Å². The molecule has 2 nitrogen and oxygen atoms in total. The average Bonchev–Trinajstić information content (AvgIpc) is 3.01. The van der Waals surface area contributed by atoms with Crippen molar-refractivity contribution in [2.75, 3.05) is 0 Å². The number of H-pyrrole nitrogens is 1. The number of imidazole rings is 1. The van der Waals surface area contributed by atoms with Crippen molar-refractivity contribution >= 4 is 0 Å². The number of aromatic amines is 1. The van der Waals surface area contributed by atoms with Gasteiger partial charge in [-0.05, 0) is 23.3 Å². The molecule has 3 rings (SSSR count). The number of alkyl halides is 3. The Morgan fingerprint density at radius 3 is 2.10 bits per heavy atom. The van der Waals surface area contributed by atoms with Gasteiger partial charge in [0.05, 0.1) is 5.56 Å². The Hall–Kier alpha value is -2.56. The van der Waals surface area contributed by atoms with Crippen molar-refractivity contribution in [3.05, 3.63) is 66.5 Å². The van der Waals surface area contributed by atoms with Gasteiger partial charge in [0.1, 0.15) is 5.82 Å². The summed E-state index contributed by atoms with van der Waals surface area (Å²) in [5.74, 6) is 0.686. The molecule has 0 aliphatic heterocycles. The zero-order valence-electron chi connectivity index (χ0n) is 10.9. The molecule has 0 fully saturated rings. The van der Waals surface area contributed by atoms with Crippen molar-refractivity contribution in [3.8, 4) is 22.5 Å². The Morgan fingerprint density at radius 2 is 1.52 bits per heavy atom. The lowest BCUT2D eigenvalue weighted by atomic mass is 9.98. The van der Waals surface area contributed by atoms with E-state index in [9.17, 15) is 13.2 Å². The van der Waals surface area contributed by atoms with Gasteiger partial charge >= 0.3 is 6.18 Å². The molecular weight excluding hydrogens is 277 g/mol. The molecule has 5 heteroatoms. The molecule has 0 saturated heterocycles. The topological polar surface area (TPSA) is 28.7 Å². The standard InChI is InChI=1S/C16H11F3N2/c17-16(18,19)12-7-5-11(6-8-12)13-3-1-2-4-14(13)15-20-9-10-21-15/h1-10H,(H,20,21). The lowest BCUT2D eigenvalue weighted by Gasteiger charge is -2.10. The zero-order chi connectivity index (χ0) is 14.9. The predicted octanol–water partition coefficient (Wildman–Crippen LogP) is 4.76. The minimum atomic E-state index is -4.32. The minimum Gasteiger partial charge on any atom is -0.345 e. The number of hydrogen-bond acceptors (Lipinski definition) is 1. The SMILES string of the molecule is FC(F)(F)c1ccc(-c2ccccc2-c2ncc[nH]2)cc1. The predicted molar refractivity (Wildman–Crippen MR) is 74.5 cm³/mol. The van der Waals surface area contributed by atoms with E-state index in [0.29, 0.717) is 5.82 Å². The average molecular weight is 288 g/mol. The molecule has 0 unspecified atom stereocenters. The maximum absolute atomic E-state index is 12.6. The molecule has 0 aliphatic rings. The van der Waals surface area contributed by atoms with Gasteiger partial charge in [0.25, 0.3) is 0 Å². The summed E-state index contributed by atoms with van der Waals surface area (Å²) in [6.45, 7) is 0. The third kappa shape index (κ3) is 2.67. The smallest absolute Gasteiger partial charge is 0.345 e. The van der Waals surface area contributed by atoms with Crippen LogP contribution in [0.25, 0.3) is 22.5 Å². The van der Waals surface area contributed by atoms with Gasteiger partial charge in [-0.2, -0.15) is 13.2 Å². The van der Waals surface area contributed by atoms with Crippen LogP contribution in [0.3, 0.4) is 0 Å². The van der Waals surface area contributed by atoms with Crippen LogP contribution in [0.1, 0.15) is 5.56 Å². The van der Waals surface area contributed by atoms with Crippen molar-refractivity contribution < 1.29 is 13.2 Å². The Balaban J connectivity index is 2.06. The molecule has 1 N–H and O–H groups in total. The van der Waals surface area contributed by atoms with Gasteiger partial charge in [0.15, 0.2) is 0 Å². The Kier molecular flexibility index (Phi) is 3.25. The first-order valence-electron chi connectivity index (χ1n) is 6.32. The Labute approximate surface area is 119 Å². The van der Waals surface area contributed by atoms with Gasteiger partial charge < -0.3 is 4.98 Å². The molecule has 2 aromatic carbocycles. The largest absolute Gasteiger partial charge is 0.416 e. The second-order valence-electron chi connectivity index (χ2n) is 4.56. The summed E-state index contributed by atoms with van der Waals surface area (Å²) in [5, 5.41) is 0. The van der Waals surface area contributed by atoms with Crippen LogP contribution in [-0.4, -0.2) is 9.97 Å². The van der Waals surface area contributed by atoms with Crippen molar-refractivity contribution in [2.24, 2.45) is 0 Å². The van der Waals surface area contributed by atoms with E-state index < -0.39 is 11.7 Å². The summed E-state index contributed by atoms with van der Waals surface area (Å²) < 4.78 is 37.8. The van der Waals surface area contributed by atoms with E-state index in [4.69, 9.17) is 0 Å². The summed E-state index contributed by atoms with van der Waals surface area (Å²) >= 11 is 0. The van der Waals surface area contributed by atoms with Crippen molar-refractivity contribution in [2.45, 2.75) is 6.18 Å². The highest BCUT2D eigenvalue weighted by Gasteiger charge is 2.30. The Bertz CT molecular complexity index is 729. The number of halogens is 3. The quantitative estimate of drug-likeness (QED) is 0.723. The van der Waals surface area contributed by atoms with E-state index in [2.05, 4.69) is 9.97 Å². The third-order valence-corrected chi connectivity index (χ3v) is 3.20. The van der Waals surface area contributed by atoms with E-state index in [1.54, 1.807) is 12.4 Å². The molecule has 3 aromatic rings. The molecule has 0 radical (unpaired) electrons. The maximum atomic E-state index is 12.6. The van der Waals surface area contributed by atoms with Gasteiger partial charge in [-0.15, -0.1) is 0 Å². The number of benzene rings is 2. The van der Waals surface area contributed by atoms with E-state index in [1.165, 1.54) is 12.1 Å². The number of nitrogens with zero attached hydrogens (tertiary/aromatic N) is 1. The fraction of sp³-hybridized carbons (Fsp3) is 0.0625. The highest BCUT2D eigenvalue weighted by atomic mass is 19.4. The maximum Gasteiger partial charge on any atom is 0.416 e. The number of rotatable bonds is 2. The fourth-order valence-electron chi connectivity index (χ4n) is 2.19. The molecule has 0 atom stereocenters. The molecule has 0 saturated carbocycles. The van der Waals surface area contributed by atoms with E-state index in [0.717, 1.165) is 28.8 Å². The van der Waals surface area contributed by atoms with E-state index in [1.807, 2.05) is 24.3 Å². The normalized spacial score (nSPS) is 11.6. The Morgan fingerprint density at radius 1 is 0.857 bits per heavy atom. The van der Waals surface area contributed by atoms with Crippen LogP contribution in [0, 0.1) is 0 Å². The van der Waals surface area contributed by atoms with Crippen LogP contribution in [0.15, 0.2) is 60.9 Å².